The zero-order valence-corrected chi connectivity index (χ0v) is 16.6. The van der Waals surface area contributed by atoms with Crippen molar-refractivity contribution in [2.75, 3.05) is 7.05 Å². The molecule has 0 aliphatic heterocycles. The predicted molar refractivity (Wildman–Crippen MR) is 114 cm³/mol. The van der Waals surface area contributed by atoms with E-state index in [4.69, 9.17) is 0 Å². The lowest BCUT2D eigenvalue weighted by Crippen LogP contribution is -2.31. The number of nitro benzene ring substituents is 1. The molecule has 0 radical (unpaired) electrons. The van der Waals surface area contributed by atoms with Gasteiger partial charge in [-0.3, -0.25) is 14.9 Å². The van der Waals surface area contributed by atoms with Gasteiger partial charge in [0.25, 0.3) is 5.69 Å². The van der Waals surface area contributed by atoms with Gasteiger partial charge in [-0.05, 0) is 23.6 Å². The van der Waals surface area contributed by atoms with Gasteiger partial charge < -0.3 is 4.90 Å². The van der Waals surface area contributed by atoms with Crippen molar-refractivity contribution in [1.82, 2.24) is 4.90 Å². The molecule has 1 amide bonds. The van der Waals surface area contributed by atoms with Gasteiger partial charge in [0.05, 0.1) is 11.0 Å². The minimum atomic E-state index is -0.418. The van der Waals surface area contributed by atoms with Crippen LogP contribution in [0.5, 0.6) is 0 Å². The Kier molecular flexibility index (Phi) is 6.39. The van der Waals surface area contributed by atoms with Crippen LogP contribution in [0.15, 0.2) is 84.9 Å². The summed E-state index contributed by atoms with van der Waals surface area (Å²) >= 11 is 0. The van der Waals surface area contributed by atoms with Gasteiger partial charge in [-0.15, -0.1) is 0 Å². The summed E-state index contributed by atoms with van der Waals surface area (Å²) in [6, 6.07) is 26.2. The summed E-state index contributed by atoms with van der Waals surface area (Å²) in [5.74, 6) is -0.0635. The van der Waals surface area contributed by atoms with Crippen LogP contribution in [0.25, 0.3) is 0 Å². The molecule has 1 atom stereocenters. The third-order valence-electron chi connectivity index (χ3n) is 5.32. The molecule has 5 heteroatoms. The number of nitrogens with zero attached hydrogens (tertiary/aromatic N) is 2. The fourth-order valence-electron chi connectivity index (χ4n) is 3.46. The van der Waals surface area contributed by atoms with Crippen molar-refractivity contribution in [2.45, 2.75) is 25.3 Å². The minimum absolute atomic E-state index is 0.0123. The van der Waals surface area contributed by atoms with E-state index in [0.29, 0.717) is 6.42 Å². The van der Waals surface area contributed by atoms with E-state index in [1.165, 1.54) is 12.1 Å². The van der Waals surface area contributed by atoms with Crippen LogP contribution in [0.3, 0.4) is 0 Å². The quantitative estimate of drug-likeness (QED) is 0.405. The zero-order chi connectivity index (χ0) is 20.8. The highest BCUT2D eigenvalue weighted by molar-refractivity contribution is 5.78. The summed E-state index contributed by atoms with van der Waals surface area (Å²) in [7, 11) is 1.75. The fraction of sp³-hybridized carbons (Fsp3) is 0.208. The van der Waals surface area contributed by atoms with E-state index in [2.05, 4.69) is 0 Å². The molecule has 0 aliphatic carbocycles. The van der Waals surface area contributed by atoms with Crippen LogP contribution in [-0.4, -0.2) is 22.8 Å². The Balaban J connectivity index is 1.82. The van der Waals surface area contributed by atoms with Crippen LogP contribution in [0, 0.1) is 10.1 Å². The summed E-state index contributed by atoms with van der Waals surface area (Å²) < 4.78 is 0. The van der Waals surface area contributed by atoms with Gasteiger partial charge >= 0.3 is 0 Å². The molecule has 5 nitrogen and oxygen atoms in total. The lowest BCUT2D eigenvalue weighted by Gasteiger charge is -2.28. The van der Waals surface area contributed by atoms with Gasteiger partial charge in [-0.25, -0.2) is 0 Å². The van der Waals surface area contributed by atoms with Crippen molar-refractivity contribution < 1.29 is 9.72 Å². The second-order valence-corrected chi connectivity index (χ2v) is 7.11. The number of benzene rings is 3. The number of hydrogen-bond donors (Lipinski definition) is 0. The SMILES string of the molecule is CC(c1cccc([N+](=O)[O-])c1)N(C)C(=O)CC(c1ccccc1)c1ccccc1. The maximum absolute atomic E-state index is 13.1. The van der Waals surface area contributed by atoms with Gasteiger partial charge in [0.1, 0.15) is 0 Å². The zero-order valence-electron chi connectivity index (χ0n) is 16.6. The van der Waals surface area contributed by atoms with Crippen LogP contribution >= 0.6 is 0 Å². The predicted octanol–water partition coefficient (Wildman–Crippen LogP) is 5.34. The second-order valence-electron chi connectivity index (χ2n) is 7.11. The largest absolute Gasteiger partial charge is 0.339 e. The van der Waals surface area contributed by atoms with E-state index in [0.717, 1.165) is 16.7 Å². The van der Waals surface area contributed by atoms with Crippen molar-refractivity contribution in [2.24, 2.45) is 0 Å². The molecular formula is C24H24N2O3. The van der Waals surface area contributed by atoms with Crippen molar-refractivity contribution in [1.29, 1.82) is 0 Å². The molecule has 3 rings (SSSR count). The molecule has 0 saturated carbocycles. The maximum Gasteiger partial charge on any atom is 0.269 e. The highest BCUT2D eigenvalue weighted by Crippen LogP contribution is 2.30. The van der Waals surface area contributed by atoms with Gasteiger partial charge in [-0.2, -0.15) is 0 Å². The summed E-state index contributed by atoms with van der Waals surface area (Å²) in [6.07, 6.45) is 0.323. The lowest BCUT2D eigenvalue weighted by atomic mass is 9.88. The van der Waals surface area contributed by atoms with E-state index in [-0.39, 0.29) is 23.6 Å². The monoisotopic (exact) mass is 388 g/mol. The molecule has 3 aromatic carbocycles. The van der Waals surface area contributed by atoms with Gasteiger partial charge in [-0.1, -0.05) is 72.8 Å². The Morgan fingerprint density at radius 3 is 1.93 bits per heavy atom. The van der Waals surface area contributed by atoms with E-state index < -0.39 is 4.92 Å². The average Bonchev–Trinajstić information content (AvgIpc) is 2.77. The fourth-order valence-corrected chi connectivity index (χ4v) is 3.46. The van der Waals surface area contributed by atoms with Gasteiger partial charge in [0.15, 0.2) is 0 Å². The molecule has 0 bridgehead atoms. The number of nitro groups is 1. The molecule has 148 valence electrons. The Labute approximate surface area is 170 Å². The molecule has 0 spiro atoms. The molecule has 0 aliphatic rings. The number of carbonyl (C=O) groups excluding carboxylic acids is 1. The third-order valence-corrected chi connectivity index (χ3v) is 5.32. The van der Waals surface area contributed by atoms with E-state index in [1.807, 2.05) is 73.7 Å². The standard InChI is InChI=1S/C24H24N2O3/c1-18(21-14-9-15-22(16-21)26(28)29)25(2)24(27)17-23(19-10-5-3-6-11-19)20-12-7-4-8-13-20/h3-16,18,23H,17H2,1-2H3. The Bertz CT molecular complexity index is 934. The first-order valence-electron chi connectivity index (χ1n) is 9.57. The molecular weight excluding hydrogens is 364 g/mol. The number of rotatable bonds is 7. The first-order chi connectivity index (χ1) is 14.0. The molecule has 0 heterocycles. The van der Waals surface area contributed by atoms with Crippen LogP contribution in [0.1, 0.15) is 42.0 Å². The molecule has 1 unspecified atom stereocenters. The number of non-ortho nitro benzene ring substituents is 1. The first kappa shape index (κ1) is 20.3. The number of amides is 1. The highest BCUT2D eigenvalue weighted by Gasteiger charge is 2.24. The van der Waals surface area contributed by atoms with Crippen LogP contribution < -0.4 is 0 Å². The summed E-state index contributed by atoms with van der Waals surface area (Å²) in [4.78, 5) is 25.4. The van der Waals surface area contributed by atoms with Crippen molar-refractivity contribution >= 4 is 11.6 Å². The van der Waals surface area contributed by atoms with E-state index >= 15 is 0 Å². The average molecular weight is 388 g/mol. The van der Waals surface area contributed by atoms with Crippen LogP contribution in [0.2, 0.25) is 0 Å². The van der Waals surface area contributed by atoms with E-state index in [9.17, 15) is 14.9 Å². The second kappa shape index (κ2) is 9.15. The topological polar surface area (TPSA) is 63.5 Å². The molecule has 0 aromatic heterocycles. The first-order valence-corrected chi connectivity index (χ1v) is 9.57. The van der Waals surface area contributed by atoms with Gasteiger partial charge in [0.2, 0.25) is 5.91 Å². The van der Waals surface area contributed by atoms with Crippen molar-refractivity contribution in [3.8, 4) is 0 Å². The third kappa shape index (κ3) is 4.88. The minimum Gasteiger partial charge on any atom is -0.339 e. The van der Waals surface area contributed by atoms with Crippen molar-refractivity contribution in [3.63, 3.8) is 0 Å². The van der Waals surface area contributed by atoms with Gasteiger partial charge in [0, 0.05) is 31.5 Å². The summed E-state index contributed by atoms with van der Waals surface area (Å²) in [5, 5.41) is 11.1. The highest BCUT2D eigenvalue weighted by atomic mass is 16.6. The lowest BCUT2D eigenvalue weighted by molar-refractivity contribution is -0.384. The molecule has 0 N–H and O–H groups in total. The smallest absolute Gasteiger partial charge is 0.269 e. The van der Waals surface area contributed by atoms with Crippen LogP contribution in [-0.2, 0) is 4.79 Å². The number of carbonyl (C=O) groups is 1. The Hall–Kier alpha value is -3.47. The van der Waals surface area contributed by atoms with E-state index in [1.54, 1.807) is 18.0 Å². The molecule has 0 fully saturated rings. The normalized spacial score (nSPS) is 11.8. The molecule has 29 heavy (non-hydrogen) atoms. The summed E-state index contributed by atoms with van der Waals surface area (Å²) in [6.45, 7) is 1.89. The summed E-state index contributed by atoms with van der Waals surface area (Å²) in [5.41, 5.74) is 2.94. The Morgan fingerprint density at radius 2 is 1.41 bits per heavy atom. The Morgan fingerprint density at radius 1 is 0.897 bits per heavy atom. The van der Waals surface area contributed by atoms with Crippen molar-refractivity contribution in [3.05, 3.63) is 112 Å². The van der Waals surface area contributed by atoms with Crippen LogP contribution in [0.4, 0.5) is 5.69 Å². The maximum atomic E-state index is 13.1. The molecule has 0 saturated heterocycles. The molecule has 3 aromatic rings. The number of hydrogen-bond acceptors (Lipinski definition) is 3.